The molecule has 1 aliphatic rings. The highest BCUT2D eigenvalue weighted by Gasteiger charge is 2.17. The Hall–Kier alpha value is -1.26. The third-order valence-electron chi connectivity index (χ3n) is 3.49. The van der Waals surface area contributed by atoms with Crippen molar-refractivity contribution in [2.45, 2.75) is 25.8 Å². The molecule has 1 fully saturated rings. The maximum Gasteiger partial charge on any atom is 0.260 e. The minimum absolute atomic E-state index is 0.0556. The van der Waals surface area contributed by atoms with Gasteiger partial charge >= 0.3 is 0 Å². The molecule has 0 aliphatic carbocycles. The first-order valence-corrected chi connectivity index (χ1v) is 7.42. The van der Waals surface area contributed by atoms with Crippen LogP contribution in [0.2, 0.25) is 5.02 Å². The van der Waals surface area contributed by atoms with Gasteiger partial charge in [-0.1, -0.05) is 17.7 Å². The number of amides is 1. The van der Waals surface area contributed by atoms with Crippen molar-refractivity contribution < 1.29 is 9.53 Å². The molecule has 20 heavy (non-hydrogen) atoms. The van der Waals surface area contributed by atoms with Crippen molar-refractivity contribution in [3.05, 3.63) is 28.8 Å². The minimum Gasteiger partial charge on any atom is -0.483 e. The number of rotatable bonds is 5. The Labute approximate surface area is 125 Å². The molecule has 1 amide bonds. The van der Waals surface area contributed by atoms with Crippen LogP contribution in [0.4, 0.5) is 0 Å². The molecule has 0 radical (unpaired) electrons. The first-order chi connectivity index (χ1) is 9.72. The number of nitrogens with one attached hydrogen (secondary N) is 1. The second-order valence-corrected chi connectivity index (χ2v) is 5.38. The lowest BCUT2D eigenvalue weighted by atomic mass is 10.1. The number of carbonyl (C=O) groups is 1. The fraction of sp³-hybridized carbons (Fsp3) is 0.533. The van der Waals surface area contributed by atoms with Crippen LogP contribution in [-0.4, -0.2) is 37.6 Å². The summed E-state index contributed by atoms with van der Waals surface area (Å²) >= 11 is 6.16. The van der Waals surface area contributed by atoms with E-state index in [9.17, 15) is 4.79 Å². The number of piperidine rings is 1. The van der Waals surface area contributed by atoms with Gasteiger partial charge in [0.25, 0.3) is 5.91 Å². The second kappa shape index (κ2) is 7.50. The number of ether oxygens (including phenoxy) is 1. The zero-order chi connectivity index (χ0) is 14.4. The average molecular weight is 297 g/mol. The largest absolute Gasteiger partial charge is 0.483 e. The molecular weight excluding hydrogens is 276 g/mol. The van der Waals surface area contributed by atoms with Gasteiger partial charge in [0.05, 0.1) is 0 Å². The minimum atomic E-state index is 0.0556. The lowest BCUT2D eigenvalue weighted by molar-refractivity contribution is -0.134. The van der Waals surface area contributed by atoms with Gasteiger partial charge in [-0.2, -0.15) is 0 Å². The normalized spacial score (nSPS) is 15.2. The van der Waals surface area contributed by atoms with E-state index in [-0.39, 0.29) is 12.5 Å². The smallest absolute Gasteiger partial charge is 0.260 e. The van der Waals surface area contributed by atoms with E-state index in [0.717, 1.165) is 31.5 Å². The van der Waals surface area contributed by atoms with Gasteiger partial charge in [0.15, 0.2) is 6.61 Å². The third-order valence-corrected chi connectivity index (χ3v) is 3.84. The highest BCUT2D eigenvalue weighted by molar-refractivity contribution is 6.31. The Balaban J connectivity index is 1.96. The van der Waals surface area contributed by atoms with Gasteiger partial charge in [-0.3, -0.25) is 4.79 Å². The van der Waals surface area contributed by atoms with E-state index in [1.807, 2.05) is 30.1 Å². The van der Waals surface area contributed by atoms with Gasteiger partial charge in [0.2, 0.25) is 0 Å². The molecule has 0 spiro atoms. The average Bonchev–Trinajstić information content (AvgIpc) is 2.48. The standard InChI is InChI=1S/C15H21ClN2O2/c1-17-10-12-13(16)6-5-7-14(12)20-11-15(19)18-8-3-2-4-9-18/h5-7,17H,2-4,8-11H2,1H3. The summed E-state index contributed by atoms with van der Waals surface area (Å²) < 4.78 is 5.67. The van der Waals surface area contributed by atoms with Crippen LogP contribution in [0.25, 0.3) is 0 Å². The summed E-state index contributed by atoms with van der Waals surface area (Å²) in [7, 11) is 1.85. The Bertz CT molecular complexity index is 459. The molecule has 4 nitrogen and oxygen atoms in total. The van der Waals surface area contributed by atoms with Crippen molar-refractivity contribution in [1.29, 1.82) is 0 Å². The number of benzene rings is 1. The zero-order valence-corrected chi connectivity index (χ0v) is 12.6. The van der Waals surface area contributed by atoms with Crippen molar-refractivity contribution in [2.24, 2.45) is 0 Å². The monoisotopic (exact) mass is 296 g/mol. The number of carbonyl (C=O) groups excluding carboxylic acids is 1. The van der Waals surface area contributed by atoms with Crippen LogP contribution in [0.5, 0.6) is 5.75 Å². The molecule has 0 unspecified atom stereocenters. The van der Waals surface area contributed by atoms with Gasteiger partial charge in [-0.15, -0.1) is 0 Å². The van der Waals surface area contributed by atoms with E-state index in [1.54, 1.807) is 0 Å². The molecule has 1 N–H and O–H groups in total. The van der Waals surface area contributed by atoms with Crippen LogP contribution >= 0.6 is 11.6 Å². The van der Waals surface area contributed by atoms with E-state index in [2.05, 4.69) is 5.32 Å². The molecule has 5 heteroatoms. The predicted molar refractivity (Wildman–Crippen MR) is 80.1 cm³/mol. The van der Waals surface area contributed by atoms with Gasteiger partial charge in [-0.05, 0) is 38.4 Å². The van der Waals surface area contributed by atoms with E-state index >= 15 is 0 Å². The van der Waals surface area contributed by atoms with Crippen LogP contribution in [0.3, 0.4) is 0 Å². The Morgan fingerprint density at radius 3 is 2.80 bits per heavy atom. The fourth-order valence-corrected chi connectivity index (χ4v) is 2.63. The summed E-state index contributed by atoms with van der Waals surface area (Å²) in [5, 5.41) is 3.71. The molecule has 2 rings (SSSR count). The molecule has 1 saturated heterocycles. The summed E-state index contributed by atoms with van der Waals surface area (Å²) in [6, 6.07) is 5.51. The molecule has 0 saturated carbocycles. The topological polar surface area (TPSA) is 41.6 Å². The van der Waals surface area contributed by atoms with Crippen molar-refractivity contribution in [1.82, 2.24) is 10.2 Å². The molecule has 1 aromatic carbocycles. The molecule has 1 heterocycles. The number of halogens is 1. The van der Waals surface area contributed by atoms with Gasteiger partial charge in [0.1, 0.15) is 5.75 Å². The zero-order valence-electron chi connectivity index (χ0n) is 11.8. The quantitative estimate of drug-likeness (QED) is 0.907. The Kier molecular flexibility index (Phi) is 5.68. The molecular formula is C15H21ClN2O2. The van der Waals surface area contributed by atoms with Crippen molar-refractivity contribution in [3.63, 3.8) is 0 Å². The summed E-state index contributed by atoms with van der Waals surface area (Å²) in [5.41, 5.74) is 0.892. The number of nitrogens with zero attached hydrogens (tertiary/aromatic N) is 1. The maximum absolute atomic E-state index is 12.1. The summed E-state index contributed by atoms with van der Waals surface area (Å²) in [6.45, 7) is 2.40. The molecule has 1 aliphatic heterocycles. The molecule has 0 aromatic heterocycles. The number of hydrogen-bond acceptors (Lipinski definition) is 3. The first-order valence-electron chi connectivity index (χ1n) is 7.05. The highest BCUT2D eigenvalue weighted by Crippen LogP contribution is 2.26. The van der Waals surface area contributed by atoms with Crippen LogP contribution in [0.15, 0.2) is 18.2 Å². The molecule has 1 aromatic rings. The van der Waals surface area contributed by atoms with Gasteiger partial charge < -0.3 is 15.0 Å². The Morgan fingerprint density at radius 2 is 2.10 bits per heavy atom. The van der Waals surface area contributed by atoms with Crippen molar-refractivity contribution >= 4 is 17.5 Å². The van der Waals surface area contributed by atoms with E-state index in [1.165, 1.54) is 6.42 Å². The number of hydrogen-bond donors (Lipinski definition) is 1. The van der Waals surface area contributed by atoms with Crippen molar-refractivity contribution in [2.75, 3.05) is 26.7 Å². The van der Waals surface area contributed by atoms with Crippen LogP contribution in [-0.2, 0) is 11.3 Å². The van der Waals surface area contributed by atoms with E-state index < -0.39 is 0 Å². The fourth-order valence-electron chi connectivity index (χ4n) is 2.40. The third kappa shape index (κ3) is 3.87. The molecule has 0 bridgehead atoms. The predicted octanol–water partition coefficient (Wildman–Crippen LogP) is 2.45. The first kappa shape index (κ1) is 15.1. The van der Waals surface area contributed by atoms with E-state index in [4.69, 9.17) is 16.3 Å². The van der Waals surface area contributed by atoms with Crippen LogP contribution in [0, 0.1) is 0 Å². The van der Waals surface area contributed by atoms with Crippen LogP contribution < -0.4 is 10.1 Å². The molecule has 0 atom stereocenters. The summed E-state index contributed by atoms with van der Waals surface area (Å²) in [5.74, 6) is 0.734. The van der Waals surface area contributed by atoms with Gasteiger partial charge in [-0.25, -0.2) is 0 Å². The SMILES string of the molecule is CNCc1c(Cl)cccc1OCC(=O)N1CCCCC1. The van der Waals surface area contributed by atoms with E-state index in [0.29, 0.717) is 17.3 Å². The lowest BCUT2D eigenvalue weighted by Gasteiger charge is -2.26. The second-order valence-electron chi connectivity index (χ2n) is 4.98. The summed E-state index contributed by atoms with van der Waals surface area (Å²) in [4.78, 5) is 14.0. The van der Waals surface area contributed by atoms with Crippen LogP contribution in [0.1, 0.15) is 24.8 Å². The van der Waals surface area contributed by atoms with Gasteiger partial charge in [0, 0.05) is 30.2 Å². The highest BCUT2D eigenvalue weighted by atomic mass is 35.5. The number of likely N-dealkylation sites (tertiary alicyclic amines) is 1. The maximum atomic E-state index is 12.1. The lowest BCUT2D eigenvalue weighted by Crippen LogP contribution is -2.38. The molecule has 110 valence electrons. The summed E-state index contributed by atoms with van der Waals surface area (Å²) in [6.07, 6.45) is 3.40. The Morgan fingerprint density at radius 1 is 1.35 bits per heavy atom. The van der Waals surface area contributed by atoms with Crippen molar-refractivity contribution in [3.8, 4) is 5.75 Å².